The number of thiophene rings is 1. The molecule has 4 rings (SSSR count). The summed E-state index contributed by atoms with van der Waals surface area (Å²) in [4.78, 5) is 45.5. The summed E-state index contributed by atoms with van der Waals surface area (Å²) >= 11 is 1.27. The average molecular weight is 495 g/mol. The second-order valence-electron chi connectivity index (χ2n) is 8.43. The van der Waals surface area contributed by atoms with Crippen LogP contribution in [0, 0.1) is 5.82 Å². The Morgan fingerprint density at radius 3 is 2.40 bits per heavy atom. The summed E-state index contributed by atoms with van der Waals surface area (Å²) in [6, 6.07) is 11.2. The molecule has 2 N–H and O–H groups in total. The van der Waals surface area contributed by atoms with Crippen molar-refractivity contribution in [1.29, 1.82) is 0 Å². The molecule has 2 heterocycles. The summed E-state index contributed by atoms with van der Waals surface area (Å²) in [7, 11) is 0. The number of carbonyl (C=O) groups excluding carboxylic acids is 3. The highest BCUT2D eigenvalue weighted by Crippen LogP contribution is 2.29. The van der Waals surface area contributed by atoms with Crippen molar-refractivity contribution in [3.8, 4) is 0 Å². The second kappa shape index (κ2) is 11.7. The van der Waals surface area contributed by atoms with Crippen LogP contribution in [0.5, 0.6) is 0 Å². The normalized spacial score (nSPS) is 14.7. The molecule has 7 nitrogen and oxygen atoms in total. The zero-order chi connectivity index (χ0) is 24.6. The molecule has 0 spiro atoms. The second-order valence-corrected chi connectivity index (χ2v) is 9.37. The van der Waals surface area contributed by atoms with E-state index in [1.54, 1.807) is 42.0 Å². The van der Waals surface area contributed by atoms with E-state index in [0.29, 0.717) is 16.1 Å². The number of rotatable bonds is 8. The van der Waals surface area contributed by atoms with E-state index in [4.69, 9.17) is 0 Å². The lowest BCUT2D eigenvalue weighted by Gasteiger charge is -2.33. The number of hydrogen-bond acceptors (Lipinski definition) is 5. The number of carbonyl (C=O) groups is 3. The van der Waals surface area contributed by atoms with Gasteiger partial charge in [0.05, 0.1) is 11.4 Å². The van der Waals surface area contributed by atoms with Gasteiger partial charge >= 0.3 is 0 Å². The fraction of sp³-hybridized carbons (Fsp3) is 0.308. The maximum Gasteiger partial charge on any atom is 0.261 e. The molecule has 1 atom stereocenters. The fourth-order valence-corrected chi connectivity index (χ4v) is 4.91. The maximum atomic E-state index is 13.7. The van der Waals surface area contributed by atoms with Crippen molar-refractivity contribution in [2.24, 2.45) is 0 Å². The van der Waals surface area contributed by atoms with Gasteiger partial charge in [-0.15, -0.1) is 11.3 Å². The summed E-state index contributed by atoms with van der Waals surface area (Å²) in [5, 5.41) is 7.52. The highest BCUT2D eigenvalue weighted by atomic mass is 32.1. The molecule has 0 bridgehead atoms. The van der Waals surface area contributed by atoms with Crippen molar-refractivity contribution in [3.05, 3.63) is 82.6 Å². The topological polar surface area (TPSA) is 91.4 Å². The number of pyridine rings is 1. The van der Waals surface area contributed by atoms with Crippen LogP contribution in [0.25, 0.3) is 0 Å². The monoisotopic (exact) mass is 494 g/mol. The number of nitrogens with one attached hydrogen (secondary N) is 2. The molecule has 0 radical (unpaired) electrons. The summed E-state index contributed by atoms with van der Waals surface area (Å²) < 4.78 is 13.7. The average Bonchev–Trinajstić information content (AvgIpc) is 3.43. The van der Waals surface area contributed by atoms with Gasteiger partial charge in [0, 0.05) is 24.1 Å². The molecule has 35 heavy (non-hydrogen) atoms. The van der Waals surface area contributed by atoms with Crippen LogP contribution in [-0.4, -0.2) is 35.3 Å². The van der Waals surface area contributed by atoms with Crippen molar-refractivity contribution < 1.29 is 18.8 Å². The minimum Gasteiger partial charge on any atom is -0.351 e. The largest absolute Gasteiger partial charge is 0.351 e. The summed E-state index contributed by atoms with van der Waals surface area (Å²) in [5.74, 6) is -1.66. The molecule has 0 aliphatic heterocycles. The third kappa shape index (κ3) is 6.30. The Labute approximate surface area is 207 Å². The van der Waals surface area contributed by atoms with Gasteiger partial charge in [0.1, 0.15) is 11.9 Å². The van der Waals surface area contributed by atoms with Crippen molar-refractivity contribution in [1.82, 2.24) is 15.6 Å². The standard InChI is InChI=1S/C26H27FN4O3S/c27-19-8-10-21(11-9-19)31(23(32)17-29-25(33)22-7-4-16-35-22)24(18-12-14-28-15-13-18)26(34)30-20-5-2-1-3-6-20/h4,7-16,20,24H,1-3,5-6,17H2,(H,29,33)(H,30,34)/t24-/m1/s1. The molecule has 1 aliphatic carbocycles. The molecule has 0 saturated heterocycles. The first-order valence-corrected chi connectivity index (χ1v) is 12.5. The molecule has 1 saturated carbocycles. The Bertz CT molecular complexity index is 1130. The van der Waals surface area contributed by atoms with Gasteiger partial charge in [0.15, 0.2) is 0 Å². The minimum absolute atomic E-state index is 0.0317. The molecule has 3 amide bonds. The lowest BCUT2D eigenvalue weighted by Crippen LogP contribution is -2.49. The summed E-state index contributed by atoms with van der Waals surface area (Å²) in [6.45, 7) is -0.327. The summed E-state index contributed by atoms with van der Waals surface area (Å²) in [5.41, 5.74) is 0.915. The molecule has 9 heteroatoms. The SMILES string of the molecule is O=C(NCC(=O)N(c1ccc(F)cc1)[C@@H](C(=O)NC1CCCCC1)c1ccncc1)c1cccs1. The van der Waals surface area contributed by atoms with Gasteiger partial charge in [0.2, 0.25) is 11.8 Å². The van der Waals surface area contributed by atoms with Crippen molar-refractivity contribution in [3.63, 3.8) is 0 Å². The van der Waals surface area contributed by atoms with Gasteiger partial charge in [-0.2, -0.15) is 0 Å². The first kappa shape index (κ1) is 24.5. The molecule has 2 aromatic heterocycles. The first-order chi connectivity index (χ1) is 17.0. The molecule has 1 aromatic carbocycles. The van der Waals surface area contributed by atoms with Crippen LogP contribution < -0.4 is 15.5 Å². The van der Waals surface area contributed by atoms with Crippen LogP contribution >= 0.6 is 11.3 Å². The van der Waals surface area contributed by atoms with Crippen LogP contribution in [0.1, 0.15) is 53.4 Å². The lowest BCUT2D eigenvalue weighted by atomic mass is 9.94. The Hall–Kier alpha value is -3.59. The molecular weight excluding hydrogens is 467 g/mol. The highest BCUT2D eigenvalue weighted by Gasteiger charge is 2.34. The minimum atomic E-state index is -1.02. The smallest absolute Gasteiger partial charge is 0.261 e. The highest BCUT2D eigenvalue weighted by molar-refractivity contribution is 7.12. The zero-order valence-electron chi connectivity index (χ0n) is 19.2. The number of benzene rings is 1. The van der Waals surface area contributed by atoms with Gasteiger partial charge in [-0.3, -0.25) is 24.3 Å². The Morgan fingerprint density at radius 1 is 1.03 bits per heavy atom. The van der Waals surface area contributed by atoms with Crippen LogP contribution in [0.2, 0.25) is 0 Å². The van der Waals surface area contributed by atoms with Crippen LogP contribution in [-0.2, 0) is 9.59 Å². The van der Waals surface area contributed by atoms with Gasteiger partial charge in [-0.1, -0.05) is 25.3 Å². The van der Waals surface area contributed by atoms with E-state index in [-0.39, 0.29) is 24.4 Å². The Kier molecular flexibility index (Phi) is 8.20. The van der Waals surface area contributed by atoms with Gasteiger partial charge in [-0.05, 0) is 66.2 Å². The number of hydrogen-bond donors (Lipinski definition) is 2. The van der Waals surface area contributed by atoms with Gasteiger partial charge < -0.3 is 10.6 Å². The van der Waals surface area contributed by atoms with Crippen molar-refractivity contribution in [2.45, 2.75) is 44.2 Å². The van der Waals surface area contributed by atoms with Crippen LogP contribution in [0.15, 0.2) is 66.3 Å². The molecule has 0 unspecified atom stereocenters. The zero-order valence-corrected chi connectivity index (χ0v) is 20.0. The maximum absolute atomic E-state index is 13.7. The fourth-order valence-electron chi connectivity index (χ4n) is 4.27. The van der Waals surface area contributed by atoms with E-state index < -0.39 is 17.8 Å². The quantitative estimate of drug-likeness (QED) is 0.490. The number of nitrogens with zero attached hydrogens (tertiary/aromatic N) is 2. The van der Waals surface area contributed by atoms with E-state index in [1.165, 1.54) is 40.5 Å². The third-order valence-corrected chi connectivity index (χ3v) is 6.87. The van der Waals surface area contributed by atoms with Crippen LogP contribution in [0.4, 0.5) is 10.1 Å². The third-order valence-electron chi connectivity index (χ3n) is 6.00. The number of halogens is 1. The van der Waals surface area contributed by atoms with Gasteiger partial charge in [0.25, 0.3) is 5.91 Å². The van der Waals surface area contributed by atoms with Crippen molar-refractivity contribution in [2.75, 3.05) is 11.4 Å². The first-order valence-electron chi connectivity index (χ1n) is 11.6. The molecular formula is C26H27FN4O3S. The van der Waals surface area contributed by atoms with Gasteiger partial charge in [-0.25, -0.2) is 4.39 Å². The molecule has 1 aliphatic rings. The predicted octanol–water partition coefficient (Wildman–Crippen LogP) is 4.24. The van der Waals surface area contributed by atoms with E-state index in [2.05, 4.69) is 15.6 Å². The Morgan fingerprint density at radius 2 is 1.74 bits per heavy atom. The lowest BCUT2D eigenvalue weighted by molar-refractivity contribution is -0.127. The number of aromatic nitrogens is 1. The van der Waals surface area contributed by atoms with E-state index in [0.717, 1.165) is 32.1 Å². The molecule has 1 fully saturated rings. The number of amides is 3. The Balaban J connectivity index is 1.65. The summed E-state index contributed by atoms with van der Waals surface area (Å²) in [6.07, 6.45) is 8.11. The predicted molar refractivity (Wildman–Crippen MR) is 133 cm³/mol. The number of anilines is 1. The molecule has 3 aromatic rings. The van der Waals surface area contributed by atoms with E-state index >= 15 is 0 Å². The van der Waals surface area contributed by atoms with E-state index in [9.17, 15) is 18.8 Å². The van der Waals surface area contributed by atoms with Crippen molar-refractivity contribution >= 4 is 34.7 Å². The molecule has 182 valence electrons. The van der Waals surface area contributed by atoms with Crippen LogP contribution in [0.3, 0.4) is 0 Å². The van der Waals surface area contributed by atoms with E-state index in [1.807, 2.05) is 0 Å².